The fourth-order valence-corrected chi connectivity index (χ4v) is 3.80. The van der Waals surface area contributed by atoms with Crippen LogP contribution in [0.1, 0.15) is 44.4 Å². The van der Waals surface area contributed by atoms with E-state index in [2.05, 4.69) is 15.9 Å². The predicted molar refractivity (Wildman–Crippen MR) is 107 cm³/mol. The predicted octanol–water partition coefficient (Wildman–Crippen LogP) is 4.43. The second-order valence-corrected chi connectivity index (χ2v) is 8.67. The first-order chi connectivity index (χ1) is 12.7. The molecule has 27 heavy (non-hydrogen) atoms. The van der Waals surface area contributed by atoms with Crippen molar-refractivity contribution in [3.05, 3.63) is 46.2 Å². The van der Waals surface area contributed by atoms with Crippen molar-refractivity contribution in [3.8, 4) is 5.75 Å². The van der Waals surface area contributed by atoms with E-state index < -0.39 is 5.60 Å². The summed E-state index contributed by atoms with van der Waals surface area (Å²) in [4.78, 5) is 14.0. The van der Waals surface area contributed by atoms with Gasteiger partial charge in [0.2, 0.25) is 0 Å². The standard InChI is InChI=1S/C20H26BrN3O3/c1-20(2,3)27-19(25)23-10-9-15(12-23)18-17(21)13-24(22-18)11-14-5-7-16(26-4)8-6-14/h5-8,13,15H,9-12H2,1-4H3. The van der Waals surface area contributed by atoms with E-state index in [4.69, 9.17) is 14.6 Å². The number of ether oxygens (including phenoxy) is 2. The summed E-state index contributed by atoms with van der Waals surface area (Å²) < 4.78 is 13.6. The van der Waals surface area contributed by atoms with Crippen LogP contribution in [0.5, 0.6) is 5.75 Å². The van der Waals surface area contributed by atoms with Gasteiger partial charge in [0.1, 0.15) is 11.4 Å². The molecule has 2 heterocycles. The molecule has 1 atom stereocenters. The van der Waals surface area contributed by atoms with Crippen LogP contribution in [0, 0.1) is 0 Å². The number of rotatable bonds is 4. The monoisotopic (exact) mass is 435 g/mol. The lowest BCUT2D eigenvalue weighted by Gasteiger charge is -2.24. The number of amides is 1. The molecule has 1 unspecified atom stereocenters. The van der Waals surface area contributed by atoms with E-state index in [0.29, 0.717) is 19.6 Å². The molecule has 1 amide bonds. The van der Waals surface area contributed by atoms with Crippen LogP contribution in [-0.4, -0.2) is 46.6 Å². The lowest BCUT2D eigenvalue weighted by molar-refractivity contribution is 0.0292. The van der Waals surface area contributed by atoms with Gasteiger partial charge in [0.25, 0.3) is 0 Å². The molecule has 2 aromatic rings. The molecule has 0 N–H and O–H groups in total. The van der Waals surface area contributed by atoms with Crippen molar-refractivity contribution in [2.24, 2.45) is 0 Å². The van der Waals surface area contributed by atoms with Gasteiger partial charge in [-0.15, -0.1) is 0 Å². The van der Waals surface area contributed by atoms with E-state index in [1.54, 1.807) is 12.0 Å². The van der Waals surface area contributed by atoms with Crippen LogP contribution in [0.4, 0.5) is 4.79 Å². The average molecular weight is 436 g/mol. The SMILES string of the molecule is COc1ccc(Cn2cc(Br)c(C3CCN(C(=O)OC(C)(C)C)C3)n2)cc1. The molecule has 3 rings (SSSR count). The molecule has 1 aliphatic heterocycles. The van der Waals surface area contributed by atoms with Crippen molar-refractivity contribution >= 4 is 22.0 Å². The summed E-state index contributed by atoms with van der Waals surface area (Å²) in [7, 11) is 1.66. The highest BCUT2D eigenvalue weighted by molar-refractivity contribution is 9.10. The number of carbonyl (C=O) groups excluding carboxylic acids is 1. The smallest absolute Gasteiger partial charge is 0.410 e. The fraction of sp³-hybridized carbons (Fsp3) is 0.500. The molecule has 1 aliphatic rings. The first kappa shape index (κ1) is 19.7. The maximum absolute atomic E-state index is 12.3. The van der Waals surface area contributed by atoms with Gasteiger partial charge in [-0.2, -0.15) is 5.10 Å². The zero-order valence-electron chi connectivity index (χ0n) is 16.2. The summed E-state index contributed by atoms with van der Waals surface area (Å²) in [5.74, 6) is 1.05. The minimum atomic E-state index is -0.476. The van der Waals surface area contributed by atoms with Crippen molar-refractivity contribution < 1.29 is 14.3 Å². The summed E-state index contributed by atoms with van der Waals surface area (Å²) in [6, 6.07) is 7.97. The van der Waals surface area contributed by atoms with E-state index in [1.807, 2.05) is 55.9 Å². The van der Waals surface area contributed by atoms with E-state index >= 15 is 0 Å². The molecule has 0 spiro atoms. The molecule has 7 heteroatoms. The van der Waals surface area contributed by atoms with Gasteiger partial charge in [0.05, 0.1) is 23.8 Å². The van der Waals surface area contributed by atoms with Crippen LogP contribution < -0.4 is 4.74 Å². The van der Waals surface area contributed by atoms with Crippen molar-refractivity contribution in [2.75, 3.05) is 20.2 Å². The molecule has 1 aromatic heterocycles. The Balaban J connectivity index is 1.65. The Labute approximate surface area is 168 Å². The lowest BCUT2D eigenvalue weighted by Crippen LogP contribution is -2.35. The minimum absolute atomic E-state index is 0.212. The molecule has 0 aliphatic carbocycles. The number of benzene rings is 1. The largest absolute Gasteiger partial charge is 0.497 e. The van der Waals surface area contributed by atoms with Gasteiger partial charge in [-0.1, -0.05) is 12.1 Å². The third-order valence-electron chi connectivity index (χ3n) is 4.47. The summed E-state index contributed by atoms with van der Waals surface area (Å²) in [6.07, 6.45) is 2.63. The third-order valence-corrected chi connectivity index (χ3v) is 5.08. The maximum Gasteiger partial charge on any atom is 0.410 e. The van der Waals surface area contributed by atoms with Crippen molar-refractivity contribution in [3.63, 3.8) is 0 Å². The molecule has 1 aromatic carbocycles. The second-order valence-electron chi connectivity index (χ2n) is 7.82. The van der Waals surface area contributed by atoms with Crippen molar-refractivity contribution in [2.45, 2.75) is 45.3 Å². The zero-order chi connectivity index (χ0) is 19.6. The molecular weight excluding hydrogens is 410 g/mol. The van der Waals surface area contributed by atoms with Crippen LogP contribution in [0.15, 0.2) is 34.9 Å². The van der Waals surface area contributed by atoms with Crippen molar-refractivity contribution in [1.82, 2.24) is 14.7 Å². The lowest BCUT2D eigenvalue weighted by atomic mass is 10.1. The maximum atomic E-state index is 12.3. The number of carbonyl (C=O) groups is 1. The highest BCUT2D eigenvalue weighted by atomic mass is 79.9. The number of methoxy groups -OCH3 is 1. The first-order valence-corrected chi connectivity index (χ1v) is 9.88. The Hall–Kier alpha value is -2.02. The van der Waals surface area contributed by atoms with E-state index in [-0.39, 0.29) is 12.0 Å². The summed E-state index contributed by atoms with van der Waals surface area (Å²) in [5.41, 5.74) is 1.67. The Kier molecular flexibility index (Phi) is 5.79. The number of halogens is 1. The Bertz CT molecular complexity index is 796. The summed E-state index contributed by atoms with van der Waals surface area (Å²) in [6.45, 7) is 7.66. The van der Waals surface area contributed by atoms with Crippen LogP contribution in [-0.2, 0) is 11.3 Å². The van der Waals surface area contributed by atoms with Crippen molar-refractivity contribution in [1.29, 1.82) is 0 Å². The topological polar surface area (TPSA) is 56.6 Å². The molecule has 1 saturated heterocycles. The van der Waals surface area contributed by atoms with Gasteiger partial charge >= 0.3 is 6.09 Å². The quantitative estimate of drug-likeness (QED) is 0.712. The molecule has 146 valence electrons. The summed E-state index contributed by atoms with van der Waals surface area (Å²) in [5, 5.41) is 4.76. The van der Waals surface area contributed by atoms with Gasteiger partial charge in [-0.25, -0.2) is 4.79 Å². The Morgan fingerprint density at radius 1 is 1.30 bits per heavy atom. The van der Waals surface area contributed by atoms with Crippen LogP contribution in [0.25, 0.3) is 0 Å². The number of nitrogens with zero attached hydrogens (tertiary/aromatic N) is 3. The molecular formula is C20H26BrN3O3. The first-order valence-electron chi connectivity index (χ1n) is 9.09. The third kappa shape index (κ3) is 5.03. The number of aromatic nitrogens is 2. The van der Waals surface area contributed by atoms with Gasteiger partial charge in [-0.05, 0) is 60.8 Å². The van der Waals surface area contributed by atoms with E-state index in [1.165, 1.54) is 0 Å². The summed E-state index contributed by atoms with van der Waals surface area (Å²) >= 11 is 3.63. The van der Waals surface area contributed by atoms with Crippen LogP contribution in [0.3, 0.4) is 0 Å². The van der Waals surface area contributed by atoms with Gasteiger partial charge in [-0.3, -0.25) is 4.68 Å². The molecule has 0 bridgehead atoms. The number of hydrogen-bond acceptors (Lipinski definition) is 4. The normalized spacial score (nSPS) is 17.2. The number of likely N-dealkylation sites (tertiary alicyclic amines) is 1. The molecule has 1 fully saturated rings. The second kappa shape index (κ2) is 7.92. The average Bonchev–Trinajstić information content (AvgIpc) is 3.21. The Morgan fingerprint density at radius 3 is 2.63 bits per heavy atom. The van der Waals surface area contributed by atoms with Crippen LogP contribution >= 0.6 is 15.9 Å². The van der Waals surface area contributed by atoms with E-state index in [0.717, 1.165) is 27.9 Å². The molecule has 6 nitrogen and oxygen atoms in total. The van der Waals surface area contributed by atoms with Gasteiger partial charge in [0.15, 0.2) is 0 Å². The van der Waals surface area contributed by atoms with Crippen LogP contribution in [0.2, 0.25) is 0 Å². The fourth-order valence-electron chi connectivity index (χ4n) is 3.16. The highest BCUT2D eigenvalue weighted by Crippen LogP contribution is 2.32. The highest BCUT2D eigenvalue weighted by Gasteiger charge is 2.32. The molecule has 0 radical (unpaired) electrons. The van der Waals surface area contributed by atoms with Gasteiger partial charge < -0.3 is 14.4 Å². The Morgan fingerprint density at radius 2 is 2.00 bits per heavy atom. The van der Waals surface area contributed by atoms with E-state index in [9.17, 15) is 4.79 Å². The minimum Gasteiger partial charge on any atom is -0.497 e. The van der Waals surface area contributed by atoms with Gasteiger partial charge in [0, 0.05) is 25.2 Å². The number of hydrogen-bond donors (Lipinski definition) is 0. The zero-order valence-corrected chi connectivity index (χ0v) is 17.8. The molecule has 0 saturated carbocycles.